The van der Waals surface area contributed by atoms with Gasteiger partial charge in [-0.1, -0.05) is 30.4 Å². The normalized spacial score (nSPS) is 23.4. The molecule has 1 aliphatic rings. The standard InChI is InChI=1S/C16H16N2O4/c19-16(20)15-13-17-9-8-12-21-10-6-4-2-1-3-5-7-11-22-14-18-15/h1-10,12-14H,11H2,(H,19,20)/b3-1+,4-2-,7-5+,10-6+,12-8-,15-13?,17-9?,18-14?. The van der Waals surface area contributed by atoms with Gasteiger partial charge < -0.3 is 14.6 Å². The van der Waals surface area contributed by atoms with Crippen molar-refractivity contribution in [3.63, 3.8) is 0 Å². The molecule has 6 nitrogen and oxygen atoms in total. The second kappa shape index (κ2) is 11.7. The average molecular weight is 300 g/mol. The van der Waals surface area contributed by atoms with Crippen LogP contribution in [0.4, 0.5) is 0 Å². The fraction of sp³-hybridized carbons (Fsp3) is 0.0625. The van der Waals surface area contributed by atoms with E-state index in [0.29, 0.717) is 0 Å². The Hall–Kier alpha value is -3.15. The van der Waals surface area contributed by atoms with Crippen LogP contribution in [0, 0.1) is 0 Å². The molecule has 0 atom stereocenters. The predicted molar refractivity (Wildman–Crippen MR) is 85.4 cm³/mol. The van der Waals surface area contributed by atoms with Gasteiger partial charge in [0.15, 0.2) is 12.1 Å². The number of aliphatic carboxylic acids is 1. The van der Waals surface area contributed by atoms with E-state index in [-0.39, 0.29) is 12.3 Å². The lowest BCUT2D eigenvalue weighted by molar-refractivity contribution is -0.132. The molecule has 22 heavy (non-hydrogen) atoms. The molecule has 0 saturated heterocycles. The van der Waals surface area contributed by atoms with Gasteiger partial charge in [0.1, 0.15) is 6.61 Å². The lowest BCUT2D eigenvalue weighted by Crippen LogP contribution is -1.99. The fourth-order valence-electron chi connectivity index (χ4n) is 1.11. The Labute approximate surface area is 128 Å². The minimum Gasteiger partial charge on any atom is -0.479 e. The highest BCUT2D eigenvalue weighted by atomic mass is 16.5. The Kier molecular flexibility index (Phi) is 8.96. The summed E-state index contributed by atoms with van der Waals surface area (Å²) in [7, 11) is 0. The molecule has 0 aromatic heterocycles. The summed E-state index contributed by atoms with van der Waals surface area (Å²) in [6.45, 7) is 0.282. The van der Waals surface area contributed by atoms with Gasteiger partial charge in [-0.15, -0.1) is 0 Å². The SMILES string of the molecule is O=C(O)C1=CN=C/C=C\O/C=C/C=C\C=C\C=C\COC=N1. The third kappa shape index (κ3) is 8.87. The summed E-state index contributed by atoms with van der Waals surface area (Å²) in [4.78, 5) is 18.4. The van der Waals surface area contributed by atoms with Gasteiger partial charge in [0, 0.05) is 6.21 Å². The Morgan fingerprint density at radius 1 is 1.05 bits per heavy atom. The van der Waals surface area contributed by atoms with Crippen LogP contribution in [0.5, 0.6) is 0 Å². The first-order chi connectivity index (χ1) is 10.8. The van der Waals surface area contributed by atoms with Gasteiger partial charge in [0.2, 0.25) is 0 Å². The number of nitrogens with zero attached hydrogens (tertiary/aromatic N) is 2. The number of aliphatic imine (C=N–C) groups is 2. The highest BCUT2D eigenvalue weighted by molar-refractivity contribution is 5.88. The molecule has 0 saturated carbocycles. The van der Waals surface area contributed by atoms with E-state index in [1.807, 2.05) is 24.3 Å². The van der Waals surface area contributed by atoms with E-state index in [1.165, 1.54) is 24.8 Å². The molecule has 0 spiro atoms. The zero-order chi connectivity index (χ0) is 15.9. The molecule has 0 bridgehead atoms. The van der Waals surface area contributed by atoms with Gasteiger partial charge in [-0.2, -0.15) is 0 Å². The highest BCUT2D eigenvalue weighted by Crippen LogP contribution is 1.96. The topological polar surface area (TPSA) is 80.5 Å². The number of carboxylic acid groups (broad SMARTS) is 1. The second-order valence-corrected chi connectivity index (χ2v) is 3.68. The quantitative estimate of drug-likeness (QED) is 0.807. The summed E-state index contributed by atoms with van der Waals surface area (Å²) in [5.41, 5.74) is -0.239. The predicted octanol–water partition coefficient (Wildman–Crippen LogP) is 2.75. The molecule has 0 unspecified atom stereocenters. The number of carbonyl (C=O) groups is 1. The Morgan fingerprint density at radius 3 is 2.59 bits per heavy atom. The van der Waals surface area contributed by atoms with Gasteiger partial charge in [-0.05, 0) is 18.2 Å². The van der Waals surface area contributed by atoms with E-state index in [9.17, 15) is 4.79 Å². The average Bonchev–Trinajstić information content (AvgIpc) is 2.50. The van der Waals surface area contributed by atoms with Gasteiger partial charge in [0.25, 0.3) is 0 Å². The first-order valence-corrected chi connectivity index (χ1v) is 6.37. The molecule has 0 amide bonds. The molecule has 0 fully saturated rings. The summed E-state index contributed by atoms with van der Waals surface area (Å²) < 4.78 is 10.1. The highest BCUT2D eigenvalue weighted by Gasteiger charge is 2.03. The zero-order valence-corrected chi connectivity index (χ0v) is 11.8. The Morgan fingerprint density at radius 2 is 1.77 bits per heavy atom. The van der Waals surface area contributed by atoms with E-state index in [1.54, 1.807) is 18.2 Å². The molecule has 1 aliphatic heterocycles. The maximum absolute atomic E-state index is 10.9. The summed E-state index contributed by atoms with van der Waals surface area (Å²) >= 11 is 0. The first-order valence-electron chi connectivity index (χ1n) is 6.37. The molecule has 6 heteroatoms. The van der Waals surface area contributed by atoms with Crippen LogP contribution in [-0.4, -0.2) is 30.3 Å². The number of ether oxygens (including phenoxy) is 2. The maximum atomic E-state index is 10.9. The third-order valence-corrected chi connectivity index (χ3v) is 2.05. The minimum atomic E-state index is -1.20. The van der Waals surface area contributed by atoms with Crippen LogP contribution in [0.15, 0.2) is 83.0 Å². The van der Waals surface area contributed by atoms with Crippen molar-refractivity contribution >= 4 is 18.6 Å². The molecule has 114 valence electrons. The van der Waals surface area contributed by atoms with Crippen molar-refractivity contribution in [1.29, 1.82) is 0 Å². The number of allylic oxidation sites excluding steroid dienone is 7. The van der Waals surface area contributed by atoms with Crippen LogP contribution in [0.3, 0.4) is 0 Å². The number of hydrogen-bond acceptors (Lipinski definition) is 5. The molecule has 0 aromatic carbocycles. The molecule has 1 N–H and O–H groups in total. The van der Waals surface area contributed by atoms with E-state index in [2.05, 4.69) is 9.98 Å². The van der Waals surface area contributed by atoms with Gasteiger partial charge in [0.05, 0.1) is 18.7 Å². The molecule has 0 aromatic rings. The number of hydrogen-bond donors (Lipinski definition) is 1. The zero-order valence-electron chi connectivity index (χ0n) is 11.8. The van der Waals surface area contributed by atoms with Crippen LogP contribution in [0.25, 0.3) is 0 Å². The van der Waals surface area contributed by atoms with Gasteiger partial charge >= 0.3 is 5.97 Å². The van der Waals surface area contributed by atoms with E-state index >= 15 is 0 Å². The maximum Gasteiger partial charge on any atom is 0.356 e. The van der Waals surface area contributed by atoms with Crippen LogP contribution in [0.2, 0.25) is 0 Å². The monoisotopic (exact) mass is 300 g/mol. The molecule has 0 aliphatic carbocycles. The van der Waals surface area contributed by atoms with Crippen molar-refractivity contribution in [2.75, 3.05) is 6.61 Å². The van der Waals surface area contributed by atoms with Gasteiger partial charge in [-0.3, -0.25) is 4.99 Å². The van der Waals surface area contributed by atoms with E-state index < -0.39 is 5.97 Å². The molecular formula is C16H16N2O4. The van der Waals surface area contributed by atoms with Crippen molar-refractivity contribution in [3.8, 4) is 0 Å². The van der Waals surface area contributed by atoms with Crippen molar-refractivity contribution in [1.82, 2.24) is 0 Å². The molecule has 1 rings (SSSR count). The van der Waals surface area contributed by atoms with Crippen LogP contribution < -0.4 is 0 Å². The Bertz CT molecular complexity index is 579. The lowest BCUT2D eigenvalue weighted by atomic mass is 10.4. The van der Waals surface area contributed by atoms with Gasteiger partial charge in [-0.25, -0.2) is 9.79 Å². The summed E-state index contributed by atoms with van der Waals surface area (Å²) in [5.74, 6) is -1.20. The smallest absolute Gasteiger partial charge is 0.356 e. The summed E-state index contributed by atoms with van der Waals surface area (Å²) in [5, 5.41) is 8.93. The first kappa shape index (κ1) is 16.9. The van der Waals surface area contributed by atoms with Crippen molar-refractivity contribution in [2.24, 2.45) is 9.98 Å². The Balaban J connectivity index is 2.77. The molecule has 1 heterocycles. The van der Waals surface area contributed by atoms with Crippen molar-refractivity contribution in [2.45, 2.75) is 0 Å². The van der Waals surface area contributed by atoms with Crippen LogP contribution >= 0.6 is 0 Å². The third-order valence-electron chi connectivity index (χ3n) is 2.05. The van der Waals surface area contributed by atoms with Crippen molar-refractivity contribution < 1.29 is 19.4 Å². The molecule has 0 radical (unpaired) electrons. The fourth-order valence-corrected chi connectivity index (χ4v) is 1.11. The van der Waals surface area contributed by atoms with Crippen LogP contribution in [0.1, 0.15) is 0 Å². The molecular weight excluding hydrogens is 284 g/mol. The minimum absolute atomic E-state index is 0.239. The van der Waals surface area contributed by atoms with Crippen LogP contribution in [-0.2, 0) is 14.3 Å². The summed E-state index contributed by atoms with van der Waals surface area (Å²) in [6.07, 6.45) is 20.6. The largest absolute Gasteiger partial charge is 0.479 e. The van der Waals surface area contributed by atoms with E-state index in [0.717, 1.165) is 12.6 Å². The number of rotatable bonds is 1. The van der Waals surface area contributed by atoms with Crippen molar-refractivity contribution in [3.05, 3.63) is 73.0 Å². The summed E-state index contributed by atoms with van der Waals surface area (Å²) in [6, 6.07) is 0. The number of carboxylic acids is 1. The lowest BCUT2D eigenvalue weighted by Gasteiger charge is -1.94. The van der Waals surface area contributed by atoms with E-state index in [4.69, 9.17) is 14.6 Å². The second-order valence-electron chi connectivity index (χ2n) is 3.68.